The van der Waals surface area contributed by atoms with E-state index in [4.69, 9.17) is 11.5 Å². The number of nitrogen functional groups attached to an aromatic ring is 1. The van der Waals surface area contributed by atoms with Crippen molar-refractivity contribution < 1.29 is 131 Å². The van der Waals surface area contributed by atoms with Crippen LogP contribution in [-0.2, 0) is 131 Å². The molecule has 0 aliphatic rings. The van der Waals surface area contributed by atoms with Gasteiger partial charge in [0, 0.05) is 131 Å². The van der Waals surface area contributed by atoms with E-state index in [1.807, 2.05) is 82.2 Å². The third kappa shape index (κ3) is 18.5. The second-order valence-corrected chi connectivity index (χ2v) is 9.07. The van der Waals surface area contributed by atoms with E-state index in [-0.39, 0.29) is 131 Å². The Labute approximate surface area is 377 Å². The van der Waals surface area contributed by atoms with E-state index in [1.165, 1.54) is 4.68 Å². The summed E-state index contributed by atoms with van der Waals surface area (Å²) in [6.45, 7) is 22.7. The summed E-state index contributed by atoms with van der Waals surface area (Å²) in [6.07, 6.45) is 25.2. The van der Waals surface area contributed by atoms with Gasteiger partial charge in [-0.3, -0.25) is 26.6 Å². The van der Waals surface area contributed by atoms with E-state index in [0.29, 0.717) is 11.5 Å². The second-order valence-electron chi connectivity index (χ2n) is 9.07. The Morgan fingerprint density at radius 1 is 0.674 bits per heavy atom. The van der Waals surface area contributed by atoms with Crippen LogP contribution in [0.4, 0.5) is 5.69 Å². The minimum Gasteiger partial charge on any atom is -0.552 e. The Balaban J connectivity index is -0.000000249. The molecule has 0 fully saturated rings. The minimum atomic E-state index is 0. The number of hydrogen-bond acceptors (Lipinski definition) is 6. The van der Waals surface area contributed by atoms with Gasteiger partial charge in [-0.15, -0.1) is 31.0 Å². The summed E-state index contributed by atoms with van der Waals surface area (Å²) in [5.74, 6) is 0.487. The Morgan fingerprint density at radius 2 is 1.17 bits per heavy atom. The number of allylic oxidation sites excluding steroid dienone is 6. The van der Waals surface area contributed by atoms with Crippen molar-refractivity contribution >= 4 is 29.1 Å². The third-order valence-corrected chi connectivity index (χ3v) is 5.76. The minimum absolute atomic E-state index is 0. The molecule has 0 bridgehead atoms. The molecule has 0 aliphatic carbocycles. The van der Waals surface area contributed by atoms with Crippen LogP contribution in [0.2, 0.25) is 0 Å². The fourth-order valence-corrected chi connectivity index (χ4v) is 2.74. The van der Waals surface area contributed by atoms with Crippen LogP contribution in [-0.4, -0.2) is 39.1 Å². The van der Waals surface area contributed by atoms with Gasteiger partial charge in [-0.05, 0) is 28.5 Å². The summed E-state index contributed by atoms with van der Waals surface area (Å²) in [7, 11) is 0. The topological polar surface area (TPSA) is 123 Å². The summed E-state index contributed by atoms with van der Waals surface area (Å²) in [6, 6.07) is 1.85. The maximum absolute atomic E-state index is 5.55. The van der Waals surface area contributed by atoms with Crippen molar-refractivity contribution in [1.82, 2.24) is 39.1 Å². The summed E-state index contributed by atoms with van der Waals surface area (Å²) in [5.41, 5.74) is 19.4. The zero-order chi connectivity index (χ0) is 32.0. The quantitative estimate of drug-likeness (QED) is 0.265. The van der Waals surface area contributed by atoms with Crippen LogP contribution in [0.1, 0.15) is 75.4 Å². The first-order valence-corrected chi connectivity index (χ1v) is 13.2. The van der Waals surface area contributed by atoms with Crippen LogP contribution in [0.25, 0.3) is 23.4 Å². The zero-order valence-electron chi connectivity index (χ0n) is 29.2. The Hall–Kier alpha value is -0.184. The van der Waals surface area contributed by atoms with E-state index in [0.717, 1.165) is 45.3 Å². The number of aromatic nitrogens is 8. The molecular formula is C32H42N10Y4-8. The number of nitrogens with two attached hydrogens (primary N) is 2. The van der Waals surface area contributed by atoms with Gasteiger partial charge < -0.3 is 54.5 Å². The average Bonchev–Trinajstić information content (AvgIpc) is 3.72. The van der Waals surface area contributed by atoms with Gasteiger partial charge >= 0.3 is 0 Å². The molecule has 4 aromatic heterocycles. The summed E-state index contributed by atoms with van der Waals surface area (Å²) in [4.78, 5) is 0. The molecule has 10 nitrogen and oxygen atoms in total. The molecule has 0 amide bonds. The molecule has 0 saturated carbocycles. The molecule has 0 spiro atoms. The zero-order valence-corrected chi connectivity index (χ0v) is 40.5. The van der Waals surface area contributed by atoms with Gasteiger partial charge in [-0.1, -0.05) is 66.3 Å². The summed E-state index contributed by atoms with van der Waals surface area (Å²) >= 11 is 0. The van der Waals surface area contributed by atoms with Gasteiger partial charge in [0.1, 0.15) is 0 Å². The molecule has 0 aromatic carbocycles. The molecule has 14 heteroatoms. The predicted molar refractivity (Wildman–Crippen MR) is 168 cm³/mol. The van der Waals surface area contributed by atoms with Gasteiger partial charge in [0.25, 0.3) is 0 Å². The number of rotatable bonds is 4. The summed E-state index contributed by atoms with van der Waals surface area (Å²) < 4.78 is 6.44. The average molecular weight is 922 g/mol. The molecule has 4 rings (SSSR count). The van der Waals surface area contributed by atoms with Gasteiger partial charge in [-0.2, -0.15) is 5.82 Å². The molecule has 0 aliphatic heterocycles. The largest absolute Gasteiger partial charge is 0.552 e. The molecule has 0 unspecified atom stereocenters. The van der Waals surface area contributed by atoms with Crippen molar-refractivity contribution in [1.29, 1.82) is 0 Å². The number of aryl methyl sites for hydroxylation is 6. The number of hydrogen-bond donors (Lipinski definition) is 2. The van der Waals surface area contributed by atoms with Crippen LogP contribution >= 0.6 is 0 Å². The second kappa shape index (κ2) is 27.6. The maximum Gasteiger partial charge on any atom is 0 e. The fraction of sp³-hybridized carbons (Fsp3) is 0.375. The van der Waals surface area contributed by atoms with E-state index in [9.17, 15) is 0 Å². The smallest absolute Gasteiger partial charge is 0 e. The van der Waals surface area contributed by atoms with Gasteiger partial charge in [0.05, 0.1) is 0 Å². The van der Waals surface area contributed by atoms with Crippen LogP contribution in [0.3, 0.4) is 0 Å². The Morgan fingerprint density at radius 3 is 1.52 bits per heavy atom. The molecule has 0 saturated heterocycles. The fourth-order valence-electron chi connectivity index (χ4n) is 2.74. The van der Waals surface area contributed by atoms with E-state index < -0.39 is 0 Å². The van der Waals surface area contributed by atoms with E-state index in [1.54, 1.807) is 27.2 Å². The van der Waals surface area contributed by atoms with E-state index >= 15 is 0 Å². The maximum atomic E-state index is 5.55. The molecule has 46 heavy (non-hydrogen) atoms. The van der Waals surface area contributed by atoms with Crippen molar-refractivity contribution in [3.05, 3.63) is 89.1 Å². The Bertz CT molecular complexity index is 1420. The van der Waals surface area contributed by atoms with E-state index in [2.05, 4.69) is 69.5 Å². The van der Waals surface area contributed by atoms with Gasteiger partial charge in [0.15, 0.2) is 0 Å². The standard InChI is InChI=1S/2C8H11N3.2C8H10N2.4Y/c1-4-8(9)11-5-6(2)7(3)10-11;1-4-6(2)11-5-8(9)7(3)10-11;1-4-8(3)10-6-5-7(2)9-10;1-4-5-10-6-7(2)8(3)9-10;;;;/h2*9H2,1-3H3;2*5H,1-3H3;;;;/q4*-2;;;;. The molecule has 4 heterocycles. The SMILES string of the molecule is C[C-]=C(C)n1[c-]c(N)c(C)n1.C[C-]=C(C)n1[c-]cc(C)n1.C[C-]=C(N)n1[c-]c(C)c(C)n1.C[C-]=Cn1[c-]c(C)c(C)n1.[Y].[Y].[Y].[Y]. The molecule has 4 N–H and O–H groups in total. The van der Waals surface area contributed by atoms with Crippen LogP contribution < -0.4 is 11.5 Å². The summed E-state index contributed by atoms with van der Waals surface area (Å²) in [5, 5.41) is 16.5. The first-order chi connectivity index (χ1) is 19.8. The normalized spacial score (nSPS) is 10.8. The van der Waals surface area contributed by atoms with Gasteiger partial charge in [-0.25, -0.2) is 39.1 Å². The van der Waals surface area contributed by atoms with Crippen molar-refractivity contribution in [2.75, 3.05) is 5.73 Å². The van der Waals surface area contributed by atoms with Crippen LogP contribution in [0.5, 0.6) is 0 Å². The molecule has 0 atom stereocenters. The molecule has 240 valence electrons. The Kier molecular flexibility index (Phi) is 31.6. The first-order valence-electron chi connectivity index (χ1n) is 13.2. The van der Waals surface area contributed by atoms with Crippen LogP contribution in [0, 0.1) is 90.6 Å². The molecule has 4 radical (unpaired) electrons. The number of anilines is 1. The van der Waals surface area contributed by atoms with Crippen molar-refractivity contribution in [3.63, 3.8) is 0 Å². The van der Waals surface area contributed by atoms with Crippen molar-refractivity contribution in [2.24, 2.45) is 5.73 Å². The van der Waals surface area contributed by atoms with Gasteiger partial charge in [0.2, 0.25) is 0 Å². The third-order valence-electron chi connectivity index (χ3n) is 5.76. The van der Waals surface area contributed by atoms with Crippen LogP contribution in [0.15, 0.2) is 6.07 Å². The predicted octanol–water partition coefficient (Wildman–Crippen LogP) is 5.40. The molecule has 4 aromatic rings. The van der Waals surface area contributed by atoms with Crippen molar-refractivity contribution in [3.8, 4) is 0 Å². The molecular weight excluding hydrogens is 880 g/mol. The van der Waals surface area contributed by atoms with Crippen molar-refractivity contribution in [2.45, 2.75) is 83.1 Å². The first kappa shape index (κ1) is 52.6. The monoisotopic (exact) mass is 922 g/mol. The number of nitrogens with zero attached hydrogens (tertiary/aromatic N) is 8.